The number of carbonyl (C=O) groups excluding carboxylic acids is 2. The Balaban J connectivity index is 2.80. The minimum absolute atomic E-state index is 0.0942. The van der Waals surface area contributed by atoms with Gasteiger partial charge in [-0.15, -0.1) is 0 Å². The molecule has 3 nitrogen and oxygen atoms in total. The number of ketones is 1. The number of carbonyl (C=O) groups is 2. The normalized spacial score (nSPS) is 22.2. The monoisotopic (exact) mass is 210 g/mol. The highest BCUT2D eigenvalue weighted by Gasteiger charge is 2.29. The average molecular weight is 210 g/mol. The van der Waals surface area contributed by atoms with E-state index in [1.54, 1.807) is 6.92 Å². The highest BCUT2D eigenvalue weighted by molar-refractivity contribution is 5.98. The minimum Gasteiger partial charge on any atom is -0.463 e. The fourth-order valence-electron chi connectivity index (χ4n) is 1.77. The smallest absolute Gasteiger partial charge is 0.313 e. The maximum atomic E-state index is 11.7. The zero-order valence-corrected chi connectivity index (χ0v) is 9.79. The molecule has 0 radical (unpaired) electrons. The van der Waals surface area contributed by atoms with E-state index < -0.39 is 0 Å². The molecule has 0 amide bonds. The molecule has 0 saturated carbocycles. The van der Waals surface area contributed by atoms with E-state index in [1.165, 1.54) is 0 Å². The maximum Gasteiger partial charge on any atom is 0.313 e. The SMILES string of the molecule is CC1=C(C)C(C(=O)OC(C)C)CCC1=O. The Kier molecular flexibility index (Phi) is 3.66. The topological polar surface area (TPSA) is 43.4 Å². The second-order valence-corrected chi connectivity index (χ2v) is 4.31. The largest absolute Gasteiger partial charge is 0.463 e. The summed E-state index contributed by atoms with van der Waals surface area (Å²) >= 11 is 0. The molecule has 0 aliphatic heterocycles. The lowest BCUT2D eigenvalue weighted by Crippen LogP contribution is -2.27. The van der Waals surface area contributed by atoms with Gasteiger partial charge >= 0.3 is 5.97 Å². The van der Waals surface area contributed by atoms with Gasteiger partial charge in [0.05, 0.1) is 12.0 Å². The van der Waals surface area contributed by atoms with Gasteiger partial charge in [0, 0.05) is 6.42 Å². The Labute approximate surface area is 90.5 Å². The van der Waals surface area contributed by atoms with E-state index in [0.717, 1.165) is 11.1 Å². The first-order valence-electron chi connectivity index (χ1n) is 5.34. The molecular formula is C12H18O3. The van der Waals surface area contributed by atoms with E-state index >= 15 is 0 Å². The third-order valence-corrected chi connectivity index (χ3v) is 2.83. The van der Waals surface area contributed by atoms with Gasteiger partial charge in [0.2, 0.25) is 0 Å². The van der Waals surface area contributed by atoms with E-state index in [-0.39, 0.29) is 23.8 Å². The molecule has 15 heavy (non-hydrogen) atoms. The first kappa shape index (κ1) is 12.0. The van der Waals surface area contributed by atoms with Crippen molar-refractivity contribution >= 4 is 11.8 Å². The number of esters is 1. The van der Waals surface area contributed by atoms with Crippen LogP contribution in [0.4, 0.5) is 0 Å². The van der Waals surface area contributed by atoms with Crippen LogP contribution in [0.25, 0.3) is 0 Å². The molecule has 1 rings (SSSR count). The van der Waals surface area contributed by atoms with Crippen LogP contribution in [0.2, 0.25) is 0 Å². The van der Waals surface area contributed by atoms with Crippen LogP contribution in [-0.4, -0.2) is 17.9 Å². The number of hydrogen-bond acceptors (Lipinski definition) is 3. The summed E-state index contributed by atoms with van der Waals surface area (Å²) in [7, 11) is 0. The maximum absolute atomic E-state index is 11.7. The first-order chi connectivity index (χ1) is 6.93. The fourth-order valence-corrected chi connectivity index (χ4v) is 1.77. The molecule has 1 unspecified atom stereocenters. The number of hydrogen-bond donors (Lipinski definition) is 0. The third kappa shape index (κ3) is 2.67. The van der Waals surface area contributed by atoms with E-state index in [2.05, 4.69) is 0 Å². The van der Waals surface area contributed by atoms with Gasteiger partial charge in [-0.25, -0.2) is 0 Å². The molecule has 0 fully saturated rings. The summed E-state index contributed by atoms with van der Waals surface area (Å²) in [6.07, 6.45) is 0.956. The molecule has 0 saturated heterocycles. The predicted octanol–water partition coefficient (Wildman–Crippen LogP) is 2.25. The Morgan fingerprint density at radius 3 is 2.53 bits per heavy atom. The number of rotatable bonds is 2. The lowest BCUT2D eigenvalue weighted by molar-refractivity contribution is -0.151. The molecule has 0 heterocycles. The van der Waals surface area contributed by atoms with E-state index in [4.69, 9.17) is 4.74 Å². The highest BCUT2D eigenvalue weighted by Crippen LogP contribution is 2.28. The van der Waals surface area contributed by atoms with Crippen LogP contribution < -0.4 is 0 Å². The second-order valence-electron chi connectivity index (χ2n) is 4.31. The van der Waals surface area contributed by atoms with Crippen molar-refractivity contribution in [2.75, 3.05) is 0 Å². The quantitative estimate of drug-likeness (QED) is 0.656. The molecular weight excluding hydrogens is 192 g/mol. The van der Waals surface area contributed by atoms with Crippen LogP contribution in [0, 0.1) is 5.92 Å². The molecule has 3 heteroatoms. The van der Waals surface area contributed by atoms with Crippen molar-refractivity contribution in [2.45, 2.75) is 46.6 Å². The van der Waals surface area contributed by atoms with Crippen LogP contribution in [-0.2, 0) is 14.3 Å². The molecule has 0 aromatic rings. The Bertz CT molecular complexity index is 313. The van der Waals surface area contributed by atoms with Crippen LogP contribution in [0.15, 0.2) is 11.1 Å². The molecule has 0 spiro atoms. The lowest BCUT2D eigenvalue weighted by atomic mass is 9.83. The van der Waals surface area contributed by atoms with Gasteiger partial charge in [0.25, 0.3) is 0 Å². The van der Waals surface area contributed by atoms with Gasteiger partial charge in [-0.3, -0.25) is 9.59 Å². The molecule has 0 aromatic heterocycles. The number of ether oxygens (including phenoxy) is 1. The van der Waals surface area contributed by atoms with Gasteiger partial charge in [-0.1, -0.05) is 5.57 Å². The van der Waals surface area contributed by atoms with Crippen LogP contribution in [0.5, 0.6) is 0 Å². The lowest BCUT2D eigenvalue weighted by Gasteiger charge is -2.23. The number of Topliss-reactive ketones (excluding diaryl/α,β-unsaturated/α-hetero) is 1. The first-order valence-corrected chi connectivity index (χ1v) is 5.34. The van der Waals surface area contributed by atoms with Crippen molar-refractivity contribution in [3.63, 3.8) is 0 Å². The predicted molar refractivity (Wildman–Crippen MR) is 57.3 cm³/mol. The fraction of sp³-hybridized carbons (Fsp3) is 0.667. The van der Waals surface area contributed by atoms with Crippen molar-refractivity contribution < 1.29 is 14.3 Å². The Morgan fingerprint density at radius 2 is 2.00 bits per heavy atom. The molecule has 1 aliphatic rings. The highest BCUT2D eigenvalue weighted by atomic mass is 16.5. The molecule has 1 atom stereocenters. The molecule has 0 bridgehead atoms. The summed E-state index contributed by atoms with van der Waals surface area (Å²) in [5.41, 5.74) is 1.60. The summed E-state index contributed by atoms with van der Waals surface area (Å²) < 4.78 is 5.16. The average Bonchev–Trinajstić information content (AvgIpc) is 2.13. The van der Waals surface area contributed by atoms with Crippen molar-refractivity contribution in [3.8, 4) is 0 Å². The molecule has 0 N–H and O–H groups in total. The van der Waals surface area contributed by atoms with Crippen molar-refractivity contribution in [1.29, 1.82) is 0 Å². The summed E-state index contributed by atoms with van der Waals surface area (Å²) in [5.74, 6) is -0.263. The Morgan fingerprint density at radius 1 is 1.40 bits per heavy atom. The van der Waals surface area contributed by atoms with Crippen LogP contribution in [0.1, 0.15) is 40.5 Å². The van der Waals surface area contributed by atoms with Crippen molar-refractivity contribution in [2.24, 2.45) is 5.92 Å². The summed E-state index contributed by atoms with van der Waals surface area (Å²) in [6.45, 7) is 7.29. The summed E-state index contributed by atoms with van der Waals surface area (Å²) in [5, 5.41) is 0. The molecule has 1 aliphatic carbocycles. The Hall–Kier alpha value is -1.12. The van der Waals surface area contributed by atoms with Gasteiger partial charge in [0.15, 0.2) is 5.78 Å². The second kappa shape index (κ2) is 4.60. The van der Waals surface area contributed by atoms with Crippen LogP contribution >= 0.6 is 0 Å². The van der Waals surface area contributed by atoms with Gasteiger partial charge in [0.1, 0.15) is 0 Å². The van der Waals surface area contributed by atoms with E-state index in [9.17, 15) is 9.59 Å². The van der Waals surface area contributed by atoms with Crippen molar-refractivity contribution in [3.05, 3.63) is 11.1 Å². The van der Waals surface area contributed by atoms with Gasteiger partial charge < -0.3 is 4.74 Å². The van der Waals surface area contributed by atoms with Gasteiger partial charge in [-0.2, -0.15) is 0 Å². The zero-order chi connectivity index (χ0) is 11.6. The standard InChI is InChI=1S/C12H18O3/c1-7(2)15-12(14)10-5-6-11(13)9(4)8(10)3/h7,10H,5-6H2,1-4H3. The molecule has 84 valence electrons. The summed E-state index contributed by atoms with van der Waals surface area (Å²) in [4.78, 5) is 23.1. The molecule has 0 aromatic carbocycles. The minimum atomic E-state index is -0.218. The van der Waals surface area contributed by atoms with Crippen LogP contribution in [0.3, 0.4) is 0 Å². The zero-order valence-electron chi connectivity index (χ0n) is 9.79. The van der Waals surface area contributed by atoms with E-state index in [1.807, 2.05) is 20.8 Å². The van der Waals surface area contributed by atoms with Gasteiger partial charge in [-0.05, 0) is 39.7 Å². The van der Waals surface area contributed by atoms with Crippen molar-refractivity contribution in [1.82, 2.24) is 0 Å². The number of allylic oxidation sites excluding steroid dienone is 1. The summed E-state index contributed by atoms with van der Waals surface area (Å²) in [6, 6.07) is 0. The van der Waals surface area contributed by atoms with E-state index in [0.29, 0.717) is 12.8 Å². The third-order valence-electron chi connectivity index (χ3n) is 2.83.